The summed E-state index contributed by atoms with van der Waals surface area (Å²) in [5.41, 5.74) is 0.910. The minimum absolute atomic E-state index is 0.231. The van der Waals surface area contributed by atoms with Crippen molar-refractivity contribution >= 4 is 34.1 Å². The first-order chi connectivity index (χ1) is 13.3. The number of thiazole rings is 1. The third-order valence-corrected chi connectivity index (χ3v) is 5.88. The summed E-state index contributed by atoms with van der Waals surface area (Å²) < 4.78 is 28.3. The Morgan fingerprint density at radius 2 is 1.96 bits per heavy atom. The van der Waals surface area contributed by atoms with Crippen LogP contribution in [-0.2, 0) is 11.8 Å². The molecule has 3 aromatic rings. The molecule has 0 bridgehead atoms. The Bertz CT molecular complexity index is 1000. The fourth-order valence-corrected chi connectivity index (χ4v) is 4.01. The van der Waals surface area contributed by atoms with Crippen LogP contribution in [-0.4, -0.2) is 30.9 Å². The number of carbonyl (C=O) groups excluding carboxylic acids is 1. The second-order valence-corrected chi connectivity index (χ2v) is 8.64. The van der Waals surface area contributed by atoms with Crippen molar-refractivity contribution in [1.82, 2.24) is 19.7 Å². The van der Waals surface area contributed by atoms with Gasteiger partial charge < -0.3 is 9.88 Å². The molecule has 6 nitrogen and oxygen atoms in total. The number of aromatic nitrogens is 4. The van der Waals surface area contributed by atoms with Crippen molar-refractivity contribution in [2.45, 2.75) is 37.1 Å². The Morgan fingerprint density at radius 1 is 1.21 bits per heavy atom. The molecule has 2 heterocycles. The molecule has 0 fully saturated rings. The molecule has 1 aromatic carbocycles. The number of hydrogen-bond donors (Lipinski definition) is 1. The highest BCUT2D eigenvalue weighted by molar-refractivity contribution is 8.00. The third kappa shape index (κ3) is 4.39. The molecule has 0 aliphatic rings. The Balaban J connectivity index is 1.66. The van der Waals surface area contributed by atoms with Crippen molar-refractivity contribution in [3.05, 3.63) is 41.0 Å². The van der Waals surface area contributed by atoms with Crippen LogP contribution >= 0.6 is 23.1 Å². The number of hydrogen-bond acceptors (Lipinski definition) is 6. The van der Waals surface area contributed by atoms with Crippen molar-refractivity contribution in [2.75, 3.05) is 5.32 Å². The minimum Gasteiger partial charge on any atom is -0.309 e. The molecule has 1 unspecified atom stereocenters. The monoisotopic (exact) mass is 423 g/mol. The van der Waals surface area contributed by atoms with Gasteiger partial charge in [-0.05, 0) is 25.1 Å². The molecule has 3 rings (SSSR count). The molecule has 0 saturated carbocycles. The molecule has 0 aliphatic heterocycles. The van der Waals surface area contributed by atoms with Crippen LogP contribution < -0.4 is 5.32 Å². The predicted octanol–water partition coefficient (Wildman–Crippen LogP) is 4.46. The maximum absolute atomic E-state index is 13.4. The second-order valence-electron chi connectivity index (χ2n) is 6.47. The van der Waals surface area contributed by atoms with E-state index in [-0.39, 0.29) is 11.8 Å². The van der Waals surface area contributed by atoms with Crippen LogP contribution in [0, 0.1) is 11.6 Å². The molecular weight excluding hydrogens is 404 g/mol. The van der Waals surface area contributed by atoms with E-state index in [2.05, 4.69) is 20.5 Å². The van der Waals surface area contributed by atoms with Gasteiger partial charge in [0.15, 0.2) is 21.9 Å². The van der Waals surface area contributed by atoms with Gasteiger partial charge in [0.2, 0.25) is 5.91 Å². The molecule has 1 atom stereocenters. The zero-order chi connectivity index (χ0) is 20.4. The number of thioether (sulfide) groups is 1. The molecule has 0 spiro atoms. The number of rotatable bonds is 6. The van der Waals surface area contributed by atoms with Gasteiger partial charge >= 0.3 is 0 Å². The molecule has 0 aliphatic carbocycles. The standard InChI is InChI=1S/C18H19F2N5OS2/c1-9(2)15-23-24-18(25(15)4)28-10(3)16(26)22-17-21-14(8-27-17)11-5-6-12(19)13(20)7-11/h5-10H,1-4H3,(H,21,22,26). The molecule has 0 saturated heterocycles. The van der Waals surface area contributed by atoms with Gasteiger partial charge in [-0.25, -0.2) is 13.8 Å². The van der Waals surface area contributed by atoms with Crippen LogP contribution in [0.5, 0.6) is 0 Å². The number of amides is 1. The summed E-state index contributed by atoms with van der Waals surface area (Å²) in [6.45, 7) is 5.83. The largest absolute Gasteiger partial charge is 0.309 e. The third-order valence-electron chi connectivity index (χ3n) is 3.99. The predicted molar refractivity (Wildman–Crippen MR) is 107 cm³/mol. The summed E-state index contributed by atoms with van der Waals surface area (Å²) in [5, 5.41) is 13.4. The highest BCUT2D eigenvalue weighted by atomic mass is 32.2. The highest BCUT2D eigenvalue weighted by Crippen LogP contribution is 2.28. The number of nitrogens with zero attached hydrogens (tertiary/aromatic N) is 4. The summed E-state index contributed by atoms with van der Waals surface area (Å²) in [4.78, 5) is 16.8. The molecular formula is C18H19F2N5OS2. The number of benzene rings is 1. The lowest BCUT2D eigenvalue weighted by atomic mass is 10.2. The average molecular weight is 424 g/mol. The molecule has 0 radical (unpaired) electrons. The number of anilines is 1. The normalized spacial score (nSPS) is 12.4. The lowest BCUT2D eigenvalue weighted by Crippen LogP contribution is -2.22. The van der Waals surface area contributed by atoms with E-state index >= 15 is 0 Å². The van der Waals surface area contributed by atoms with Gasteiger partial charge in [0.1, 0.15) is 5.82 Å². The molecule has 1 N–H and O–H groups in total. The summed E-state index contributed by atoms with van der Waals surface area (Å²) in [7, 11) is 1.87. The summed E-state index contributed by atoms with van der Waals surface area (Å²) in [6.07, 6.45) is 0. The van der Waals surface area contributed by atoms with E-state index in [1.807, 2.05) is 25.5 Å². The van der Waals surface area contributed by atoms with Crippen LogP contribution in [0.3, 0.4) is 0 Å². The van der Waals surface area contributed by atoms with Crippen molar-refractivity contribution in [3.8, 4) is 11.3 Å². The van der Waals surface area contributed by atoms with Crippen LogP contribution in [0.25, 0.3) is 11.3 Å². The van der Waals surface area contributed by atoms with Crippen LogP contribution in [0.2, 0.25) is 0 Å². The Labute approximate surface area is 169 Å². The van der Waals surface area contributed by atoms with E-state index in [1.54, 1.807) is 12.3 Å². The zero-order valence-corrected chi connectivity index (χ0v) is 17.4. The highest BCUT2D eigenvalue weighted by Gasteiger charge is 2.21. The molecule has 148 valence electrons. The van der Waals surface area contributed by atoms with Crippen molar-refractivity contribution < 1.29 is 13.6 Å². The van der Waals surface area contributed by atoms with E-state index in [1.165, 1.54) is 29.2 Å². The lowest BCUT2D eigenvalue weighted by Gasteiger charge is -2.10. The van der Waals surface area contributed by atoms with E-state index in [4.69, 9.17) is 0 Å². The summed E-state index contributed by atoms with van der Waals surface area (Å²) in [6, 6.07) is 3.57. The van der Waals surface area contributed by atoms with Gasteiger partial charge in [0.05, 0.1) is 10.9 Å². The SMILES string of the molecule is CC(Sc1nnc(C(C)C)n1C)C(=O)Nc1nc(-c2ccc(F)c(F)c2)cs1. The molecule has 2 aromatic heterocycles. The molecule has 1 amide bonds. The van der Waals surface area contributed by atoms with Gasteiger partial charge in [0.25, 0.3) is 0 Å². The first kappa shape index (κ1) is 20.4. The van der Waals surface area contributed by atoms with Crippen LogP contribution in [0.4, 0.5) is 13.9 Å². The zero-order valence-electron chi connectivity index (χ0n) is 15.7. The van der Waals surface area contributed by atoms with Gasteiger partial charge in [-0.3, -0.25) is 4.79 Å². The quantitative estimate of drug-likeness (QED) is 0.593. The first-order valence-corrected chi connectivity index (χ1v) is 10.3. The van der Waals surface area contributed by atoms with Gasteiger partial charge in [-0.2, -0.15) is 0 Å². The Morgan fingerprint density at radius 3 is 2.61 bits per heavy atom. The maximum Gasteiger partial charge on any atom is 0.239 e. The van der Waals surface area contributed by atoms with Crippen LogP contribution in [0.15, 0.2) is 28.7 Å². The fraction of sp³-hybridized carbons (Fsp3) is 0.333. The van der Waals surface area contributed by atoms with Gasteiger partial charge in [0, 0.05) is 23.9 Å². The number of nitrogens with one attached hydrogen (secondary N) is 1. The average Bonchev–Trinajstić information content (AvgIpc) is 3.24. The summed E-state index contributed by atoms with van der Waals surface area (Å²) >= 11 is 2.52. The Hall–Kier alpha value is -2.33. The van der Waals surface area contributed by atoms with E-state index < -0.39 is 16.9 Å². The van der Waals surface area contributed by atoms with Crippen LogP contribution in [0.1, 0.15) is 32.5 Å². The molecule has 28 heavy (non-hydrogen) atoms. The van der Waals surface area contributed by atoms with E-state index in [9.17, 15) is 13.6 Å². The summed E-state index contributed by atoms with van der Waals surface area (Å²) in [5.74, 6) is -0.995. The van der Waals surface area contributed by atoms with Crippen molar-refractivity contribution in [3.63, 3.8) is 0 Å². The van der Waals surface area contributed by atoms with E-state index in [0.29, 0.717) is 21.5 Å². The lowest BCUT2D eigenvalue weighted by molar-refractivity contribution is -0.115. The van der Waals surface area contributed by atoms with Gasteiger partial charge in [-0.15, -0.1) is 21.5 Å². The maximum atomic E-state index is 13.4. The van der Waals surface area contributed by atoms with Crippen molar-refractivity contribution in [2.24, 2.45) is 7.05 Å². The molecule has 10 heteroatoms. The topological polar surface area (TPSA) is 72.7 Å². The first-order valence-electron chi connectivity index (χ1n) is 8.54. The van der Waals surface area contributed by atoms with Gasteiger partial charge in [-0.1, -0.05) is 25.6 Å². The van der Waals surface area contributed by atoms with E-state index in [0.717, 1.165) is 18.0 Å². The van der Waals surface area contributed by atoms with Crippen molar-refractivity contribution in [1.29, 1.82) is 0 Å². The Kier molecular flexibility index (Phi) is 6.09. The number of halogens is 2. The number of carbonyl (C=O) groups is 1. The smallest absolute Gasteiger partial charge is 0.239 e. The second kappa shape index (κ2) is 8.36. The minimum atomic E-state index is -0.939. The fourth-order valence-electron chi connectivity index (χ4n) is 2.47.